The molecule has 94 valence electrons. The molecule has 0 aliphatic rings. The van der Waals surface area contributed by atoms with Crippen LogP contribution in [0.1, 0.15) is 15.9 Å². The Morgan fingerprint density at radius 3 is 2.25 bits per heavy atom. The van der Waals surface area contributed by atoms with Crippen LogP contribution in [0, 0.1) is 0 Å². The van der Waals surface area contributed by atoms with Gasteiger partial charge in [0.15, 0.2) is 0 Å². The van der Waals surface area contributed by atoms with Gasteiger partial charge in [-0.05, 0) is 39.2 Å². The Kier molecular flexibility index (Phi) is 4.11. The standard InChI is InChI=1S/C17H12O2.Mg/c1-2-11-7-8-14-9-12-5-3-4-6-13(12)10-15(14)16(11)17(18)19;/h2-10H,1H2,(H,18,19);. The first-order valence-corrected chi connectivity index (χ1v) is 6.02. The Hall–Kier alpha value is -1.84. The van der Waals surface area contributed by atoms with Crippen molar-refractivity contribution in [2.45, 2.75) is 0 Å². The van der Waals surface area contributed by atoms with E-state index in [-0.39, 0.29) is 23.1 Å². The number of carboxylic acids is 1. The maximum absolute atomic E-state index is 11.5. The minimum atomic E-state index is -0.921. The summed E-state index contributed by atoms with van der Waals surface area (Å²) in [6.07, 6.45) is 1.58. The molecule has 0 atom stereocenters. The summed E-state index contributed by atoms with van der Waals surface area (Å²) >= 11 is 0. The normalized spacial score (nSPS) is 10.2. The summed E-state index contributed by atoms with van der Waals surface area (Å²) in [5, 5.41) is 13.3. The second-order valence-corrected chi connectivity index (χ2v) is 4.46. The smallest absolute Gasteiger partial charge is 0.336 e. The van der Waals surface area contributed by atoms with Gasteiger partial charge in [-0.3, -0.25) is 0 Å². The van der Waals surface area contributed by atoms with E-state index in [1.54, 1.807) is 12.1 Å². The largest absolute Gasteiger partial charge is 0.478 e. The maximum Gasteiger partial charge on any atom is 0.336 e. The van der Waals surface area contributed by atoms with Crippen molar-refractivity contribution in [1.82, 2.24) is 0 Å². The molecule has 0 aromatic heterocycles. The average molecular weight is 273 g/mol. The lowest BCUT2D eigenvalue weighted by Crippen LogP contribution is -2.00. The fraction of sp³-hybridized carbons (Fsp3) is 0. The summed E-state index contributed by atoms with van der Waals surface area (Å²) in [5.41, 5.74) is 0.966. The Morgan fingerprint density at radius 2 is 1.65 bits per heavy atom. The zero-order chi connectivity index (χ0) is 13.4. The highest BCUT2D eigenvalue weighted by Crippen LogP contribution is 2.28. The van der Waals surface area contributed by atoms with Gasteiger partial charge in [-0.15, -0.1) is 0 Å². The lowest BCUT2D eigenvalue weighted by Gasteiger charge is -2.08. The summed E-state index contributed by atoms with van der Waals surface area (Å²) in [4.78, 5) is 11.5. The molecule has 1 N–H and O–H groups in total. The van der Waals surface area contributed by atoms with Gasteiger partial charge in [0, 0.05) is 23.1 Å². The number of rotatable bonds is 2. The van der Waals surface area contributed by atoms with E-state index in [0.717, 1.165) is 21.5 Å². The Balaban J connectivity index is 0.00000147. The predicted molar refractivity (Wildman–Crippen MR) is 84.3 cm³/mol. The molecule has 0 aliphatic carbocycles. The number of hydrogen-bond donors (Lipinski definition) is 1. The van der Waals surface area contributed by atoms with Gasteiger partial charge in [-0.25, -0.2) is 4.79 Å². The van der Waals surface area contributed by atoms with E-state index in [4.69, 9.17) is 0 Å². The fourth-order valence-corrected chi connectivity index (χ4v) is 2.44. The van der Waals surface area contributed by atoms with E-state index in [2.05, 4.69) is 6.58 Å². The van der Waals surface area contributed by atoms with Crippen LogP contribution in [0.2, 0.25) is 0 Å². The van der Waals surface area contributed by atoms with Crippen LogP contribution in [0.25, 0.3) is 27.6 Å². The van der Waals surface area contributed by atoms with Crippen molar-refractivity contribution >= 4 is 56.6 Å². The van der Waals surface area contributed by atoms with E-state index in [1.807, 2.05) is 42.5 Å². The van der Waals surface area contributed by atoms with Crippen molar-refractivity contribution < 1.29 is 9.90 Å². The first kappa shape index (κ1) is 14.6. The third-order valence-electron chi connectivity index (χ3n) is 3.35. The molecule has 0 spiro atoms. The topological polar surface area (TPSA) is 37.3 Å². The minimum Gasteiger partial charge on any atom is -0.478 e. The molecule has 0 heterocycles. The average Bonchev–Trinajstić information content (AvgIpc) is 2.43. The number of fused-ring (bicyclic) bond motifs is 2. The molecule has 20 heavy (non-hydrogen) atoms. The highest BCUT2D eigenvalue weighted by atomic mass is 24.3. The van der Waals surface area contributed by atoms with Crippen LogP contribution in [-0.4, -0.2) is 34.1 Å². The SMILES string of the molecule is C=Cc1ccc2cc3ccccc3cc2c1C(=O)O.[Mg]. The Morgan fingerprint density at radius 1 is 1.00 bits per heavy atom. The van der Waals surface area contributed by atoms with Crippen LogP contribution in [0.3, 0.4) is 0 Å². The first-order chi connectivity index (χ1) is 9.20. The molecule has 0 bridgehead atoms. The summed E-state index contributed by atoms with van der Waals surface area (Å²) in [6.45, 7) is 3.68. The predicted octanol–water partition coefficient (Wildman–Crippen LogP) is 3.95. The number of benzene rings is 3. The van der Waals surface area contributed by atoms with E-state index < -0.39 is 5.97 Å². The summed E-state index contributed by atoms with van der Waals surface area (Å²) < 4.78 is 0. The van der Waals surface area contributed by atoms with Gasteiger partial charge in [0.05, 0.1) is 5.56 Å². The zero-order valence-electron chi connectivity index (χ0n) is 11.0. The van der Waals surface area contributed by atoms with Crippen LogP contribution < -0.4 is 0 Å². The van der Waals surface area contributed by atoms with Gasteiger partial charge in [0.1, 0.15) is 0 Å². The quantitative estimate of drug-likeness (QED) is 0.566. The second kappa shape index (κ2) is 5.65. The van der Waals surface area contributed by atoms with Crippen molar-refractivity contribution in [3.05, 3.63) is 66.2 Å². The molecular weight excluding hydrogens is 260 g/mol. The first-order valence-electron chi connectivity index (χ1n) is 6.02. The number of aromatic carboxylic acids is 1. The molecule has 0 unspecified atom stereocenters. The van der Waals surface area contributed by atoms with Crippen molar-refractivity contribution in [2.24, 2.45) is 0 Å². The molecule has 3 aromatic rings. The lowest BCUT2D eigenvalue weighted by molar-refractivity contribution is 0.0699. The van der Waals surface area contributed by atoms with Gasteiger partial charge >= 0.3 is 5.97 Å². The molecule has 3 rings (SSSR count). The molecular formula is C17H12MgO2. The van der Waals surface area contributed by atoms with Crippen LogP contribution in [0.5, 0.6) is 0 Å². The lowest BCUT2D eigenvalue weighted by atomic mass is 9.96. The van der Waals surface area contributed by atoms with Gasteiger partial charge < -0.3 is 5.11 Å². The van der Waals surface area contributed by atoms with Gasteiger partial charge in [0.25, 0.3) is 0 Å². The van der Waals surface area contributed by atoms with E-state index >= 15 is 0 Å². The van der Waals surface area contributed by atoms with Crippen LogP contribution in [0.15, 0.2) is 55.1 Å². The summed E-state index contributed by atoms with van der Waals surface area (Å²) in [7, 11) is 0. The highest BCUT2D eigenvalue weighted by molar-refractivity contribution is 6.10. The molecule has 0 saturated carbocycles. The minimum absolute atomic E-state index is 0. The molecule has 2 radical (unpaired) electrons. The summed E-state index contributed by atoms with van der Waals surface area (Å²) in [5.74, 6) is -0.921. The van der Waals surface area contributed by atoms with E-state index in [1.165, 1.54) is 0 Å². The van der Waals surface area contributed by atoms with Crippen LogP contribution in [-0.2, 0) is 0 Å². The number of carbonyl (C=O) groups is 1. The number of carboxylic acid groups (broad SMARTS) is 1. The fourth-order valence-electron chi connectivity index (χ4n) is 2.44. The molecule has 0 amide bonds. The van der Waals surface area contributed by atoms with Crippen LogP contribution >= 0.6 is 0 Å². The van der Waals surface area contributed by atoms with Crippen molar-refractivity contribution in [3.63, 3.8) is 0 Å². The second-order valence-electron chi connectivity index (χ2n) is 4.46. The molecule has 0 aliphatic heterocycles. The van der Waals surface area contributed by atoms with Crippen LogP contribution in [0.4, 0.5) is 0 Å². The Labute approximate surface area is 132 Å². The van der Waals surface area contributed by atoms with Gasteiger partial charge in [-0.1, -0.05) is 49.1 Å². The summed E-state index contributed by atoms with van der Waals surface area (Å²) in [6, 6.07) is 15.6. The molecule has 3 heteroatoms. The third kappa shape index (κ3) is 2.30. The third-order valence-corrected chi connectivity index (χ3v) is 3.35. The molecule has 3 aromatic carbocycles. The maximum atomic E-state index is 11.5. The number of hydrogen-bond acceptors (Lipinski definition) is 1. The molecule has 2 nitrogen and oxygen atoms in total. The van der Waals surface area contributed by atoms with Gasteiger partial charge in [-0.2, -0.15) is 0 Å². The zero-order valence-corrected chi connectivity index (χ0v) is 12.4. The van der Waals surface area contributed by atoms with Crippen molar-refractivity contribution in [3.8, 4) is 0 Å². The monoisotopic (exact) mass is 272 g/mol. The van der Waals surface area contributed by atoms with E-state index in [9.17, 15) is 9.90 Å². The Bertz CT molecular complexity index is 822. The highest BCUT2D eigenvalue weighted by Gasteiger charge is 2.13. The molecule has 0 fully saturated rings. The molecule has 0 saturated heterocycles. The van der Waals surface area contributed by atoms with E-state index in [0.29, 0.717) is 11.1 Å². The van der Waals surface area contributed by atoms with Crippen molar-refractivity contribution in [1.29, 1.82) is 0 Å². The van der Waals surface area contributed by atoms with Crippen molar-refractivity contribution in [2.75, 3.05) is 0 Å². The van der Waals surface area contributed by atoms with Gasteiger partial charge in [0.2, 0.25) is 0 Å².